The van der Waals surface area contributed by atoms with Crippen LogP contribution in [0.15, 0.2) is 18.5 Å². The first-order valence-electron chi connectivity index (χ1n) is 5.42. The van der Waals surface area contributed by atoms with Gasteiger partial charge in [0, 0.05) is 19.8 Å². The Morgan fingerprint density at radius 3 is 2.53 bits per heavy atom. The third-order valence-electron chi connectivity index (χ3n) is 2.57. The van der Waals surface area contributed by atoms with Crippen LogP contribution < -0.4 is 5.73 Å². The largest absolute Gasteiger partial charge is 0.341 e. The molecule has 7 heteroatoms. The van der Waals surface area contributed by atoms with Gasteiger partial charge in [-0.15, -0.1) is 24.8 Å². The molecule has 0 bridgehead atoms. The van der Waals surface area contributed by atoms with Gasteiger partial charge in [-0.05, 0) is 18.0 Å². The lowest BCUT2D eigenvalue weighted by Crippen LogP contribution is -2.40. The highest BCUT2D eigenvalue weighted by atomic mass is 35.5. The van der Waals surface area contributed by atoms with E-state index in [2.05, 4.69) is 4.98 Å². The number of aromatic nitrogens is 1. The quantitative estimate of drug-likeness (QED) is 0.926. The Bertz CT molecular complexity index is 416. The second-order valence-corrected chi connectivity index (χ2v) is 4.89. The van der Waals surface area contributed by atoms with Gasteiger partial charge in [0.25, 0.3) is 5.91 Å². The molecule has 1 heterocycles. The molecule has 0 aliphatic heterocycles. The molecule has 2 N–H and O–H groups in total. The molecule has 0 radical (unpaired) electrons. The lowest BCUT2D eigenvalue weighted by molar-refractivity contribution is 0.0735. The number of carbonyl (C=O) groups is 1. The summed E-state index contributed by atoms with van der Waals surface area (Å²) < 4.78 is 13.4. The molecule has 0 saturated carbocycles. The van der Waals surface area contributed by atoms with Crippen LogP contribution in [0, 0.1) is 11.2 Å². The Morgan fingerprint density at radius 2 is 2.05 bits per heavy atom. The van der Waals surface area contributed by atoms with E-state index in [9.17, 15) is 9.18 Å². The summed E-state index contributed by atoms with van der Waals surface area (Å²) in [6, 6.07) is 1.38. The molecule has 0 fully saturated rings. The number of rotatable bonds is 4. The van der Waals surface area contributed by atoms with Gasteiger partial charge < -0.3 is 10.6 Å². The van der Waals surface area contributed by atoms with Crippen molar-refractivity contribution in [1.82, 2.24) is 9.88 Å². The molecule has 0 aliphatic carbocycles. The Morgan fingerprint density at radius 1 is 1.47 bits per heavy atom. The van der Waals surface area contributed by atoms with Crippen molar-refractivity contribution in [3.63, 3.8) is 0 Å². The van der Waals surface area contributed by atoms with Crippen molar-refractivity contribution < 1.29 is 9.18 Å². The van der Waals surface area contributed by atoms with Gasteiger partial charge in [-0.3, -0.25) is 9.78 Å². The van der Waals surface area contributed by atoms with Crippen LogP contribution in [0.2, 0.25) is 0 Å². The van der Waals surface area contributed by atoms with Gasteiger partial charge >= 0.3 is 0 Å². The topological polar surface area (TPSA) is 59.2 Å². The van der Waals surface area contributed by atoms with E-state index in [0.29, 0.717) is 13.1 Å². The first kappa shape index (κ1) is 20.4. The van der Waals surface area contributed by atoms with E-state index in [1.165, 1.54) is 17.2 Å². The molecule has 0 spiro atoms. The van der Waals surface area contributed by atoms with Gasteiger partial charge in [0.2, 0.25) is 0 Å². The summed E-state index contributed by atoms with van der Waals surface area (Å²) in [5.74, 6) is -0.957. The maximum atomic E-state index is 13.4. The minimum atomic E-state index is -0.602. The van der Waals surface area contributed by atoms with E-state index in [1.807, 2.05) is 13.8 Å². The lowest BCUT2D eigenvalue weighted by Gasteiger charge is -2.29. The van der Waals surface area contributed by atoms with E-state index in [4.69, 9.17) is 5.73 Å². The summed E-state index contributed by atoms with van der Waals surface area (Å²) in [6.45, 7) is 4.85. The fourth-order valence-electron chi connectivity index (χ4n) is 1.53. The average Bonchev–Trinajstić information content (AvgIpc) is 2.28. The van der Waals surface area contributed by atoms with E-state index < -0.39 is 5.82 Å². The molecule has 0 aliphatic rings. The zero-order valence-corrected chi connectivity index (χ0v) is 12.9. The summed E-state index contributed by atoms with van der Waals surface area (Å²) >= 11 is 0. The van der Waals surface area contributed by atoms with Crippen LogP contribution >= 0.6 is 24.8 Å². The third kappa shape index (κ3) is 5.72. The van der Waals surface area contributed by atoms with Crippen molar-refractivity contribution in [3.8, 4) is 0 Å². The molecule has 110 valence electrons. The van der Waals surface area contributed by atoms with E-state index in [-0.39, 0.29) is 41.7 Å². The molecule has 1 amide bonds. The number of nitrogens with zero attached hydrogens (tertiary/aromatic N) is 2. The minimum Gasteiger partial charge on any atom is -0.341 e. The van der Waals surface area contributed by atoms with Crippen LogP contribution in [0.25, 0.3) is 0 Å². The van der Waals surface area contributed by atoms with Crippen molar-refractivity contribution in [2.45, 2.75) is 13.8 Å². The monoisotopic (exact) mass is 311 g/mol. The predicted octanol–water partition coefficient (Wildman–Crippen LogP) is 2.12. The standard InChI is InChI=1S/C12H18FN3O.2ClH/c1-12(2,7-14)8-16(3)11(17)9-4-5-15-6-10(9)13;;/h4-6H,7-8,14H2,1-3H3;2*1H. The Kier molecular flexibility index (Phi) is 8.91. The number of hydrogen-bond donors (Lipinski definition) is 1. The number of carbonyl (C=O) groups excluding carboxylic acids is 1. The number of pyridine rings is 1. The van der Waals surface area contributed by atoms with Gasteiger partial charge in [0.05, 0.1) is 11.8 Å². The molecule has 0 atom stereocenters. The highest BCUT2D eigenvalue weighted by Gasteiger charge is 2.23. The molecule has 1 aromatic heterocycles. The molecular formula is C12H20Cl2FN3O. The van der Waals surface area contributed by atoms with Crippen molar-refractivity contribution in [1.29, 1.82) is 0 Å². The first-order chi connectivity index (χ1) is 7.87. The third-order valence-corrected chi connectivity index (χ3v) is 2.57. The van der Waals surface area contributed by atoms with E-state index in [0.717, 1.165) is 6.20 Å². The number of hydrogen-bond acceptors (Lipinski definition) is 3. The number of amides is 1. The van der Waals surface area contributed by atoms with E-state index >= 15 is 0 Å². The Balaban J connectivity index is 0. The van der Waals surface area contributed by atoms with E-state index in [1.54, 1.807) is 7.05 Å². The predicted molar refractivity (Wildman–Crippen MR) is 78.5 cm³/mol. The second kappa shape index (κ2) is 8.30. The minimum absolute atomic E-state index is 0. The van der Waals surface area contributed by atoms with Crippen LogP contribution in [0.4, 0.5) is 4.39 Å². The van der Waals surface area contributed by atoms with Crippen LogP contribution in [-0.4, -0.2) is 35.9 Å². The fourth-order valence-corrected chi connectivity index (χ4v) is 1.53. The Hall–Kier alpha value is -0.910. The highest BCUT2D eigenvalue weighted by Crippen LogP contribution is 2.16. The SMILES string of the molecule is CN(CC(C)(C)CN)C(=O)c1ccncc1F.Cl.Cl. The van der Waals surface area contributed by atoms with Crippen LogP contribution in [-0.2, 0) is 0 Å². The van der Waals surface area contributed by atoms with Crippen molar-refractivity contribution in [3.05, 3.63) is 29.8 Å². The van der Waals surface area contributed by atoms with Gasteiger partial charge in [0.15, 0.2) is 5.82 Å². The van der Waals surface area contributed by atoms with Crippen molar-refractivity contribution in [2.75, 3.05) is 20.1 Å². The lowest BCUT2D eigenvalue weighted by atomic mass is 9.93. The molecule has 0 aromatic carbocycles. The van der Waals surface area contributed by atoms with Crippen LogP contribution in [0.5, 0.6) is 0 Å². The molecule has 1 rings (SSSR count). The Labute approximate surface area is 125 Å². The van der Waals surface area contributed by atoms with Crippen molar-refractivity contribution in [2.24, 2.45) is 11.1 Å². The second-order valence-electron chi connectivity index (χ2n) is 4.89. The highest BCUT2D eigenvalue weighted by molar-refractivity contribution is 5.94. The summed E-state index contributed by atoms with van der Waals surface area (Å²) in [7, 11) is 1.64. The summed E-state index contributed by atoms with van der Waals surface area (Å²) in [5, 5.41) is 0. The zero-order valence-electron chi connectivity index (χ0n) is 11.2. The summed E-state index contributed by atoms with van der Waals surface area (Å²) in [4.78, 5) is 17.1. The molecule has 0 unspecified atom stereocenters. The molecule has 0 saturated heterocycles. The van der Waals surface area contributed by atoms with Gasteiger partial charge in [-0.1, -0.05) is 13.8 Å². The van der Waals surface area contributed by atoms with Gasteiger partial charge in [-0.25, -0.2) is 4.39 Å². The van der Waals surface area contributed by atoms with Gasteiger partial charge in [-0.2, -0.15) is 0 Å². The van der Waals surface area contributed by atoms with Crippen molar-refractivity contribution >= 4 is 30.7 Å². The maximum absolute atomic E-state index is 13.4. The smallest absolute Gasteiger partial charge is 0.256 e. The average molecular weight is 312 g/mol. The van der Waals surface area contributed by atoms with Gasteiger partial charge in [0.1, 0.15) is 0 Å². The molecule has 1 aromatic rings. The molecule has 19 heavy (non-hydrogen) atoms. The first-order valence-corrected chi connectivity index (χ1v) is 5.42. The summed E-state index contributed by atoms with van der Waals surface area (Å²) in [5.41, 5.74) is 5.45. The maximum Gasteiger partial charge on any atom is 0.256 e. The fraction of sp³-hybridized carbons (Fsp3) is 0.500. The zero-order chi connectivity index (χ0) is 13.1. The molecule has 4 nitrogen and oxygen atoms in total. The normalized spacial score (nSPS) is 10.2. The number of halogens is 3. The van der Waals surface area contributed by atoms with Crippen LogP contribution in [0.1, 0.15) is 24.2 Å². The van der Waals surface area contributed by atoms with Crippen LogP contribution in [0.3, 0.4) is 0 Å². The summed E-state index contributed by atoms with van der Waals surface area (Å²) in [6.07, 6.45) is 2.44. The number of nitrogens with two attached hydrogens (primary N) is 1. The molecular weight excluding hydrogens is 292 g/mol.